The van der Waals surface area contributed by atoms with E-state index in [0.29, 0.717) is 54.8 Å². The molecular formula is C33H35N9O4. The first-order valence-electron chi connectivity index (χ1n) is 15.7. The summed E-state index contributed by atoms with van der Waals surface area (Å²) < 4.78 is 2.06. The number of anilines is 3. The molecule has 13 nitrogen and oxygen atoms in total. The standard InChI is InChI=1S/C33H35N9O4/c1-34-30(44)26-18-21-19-36-33(38-29(21)42(26)22-6-2-3-7-22)37-27-11-10-23(20-35-27)39-14-16-40(17-15-39)28(43)12-13-41-31(45)24-8-4-5-9-25(24)32(41)46/h4-5,8-11,18-20,22H,2-3,6-7,12-17H2,1H3,(H,34,44)(H,35,36,37,38). The van der Waals surface area contributed by atoms with Crippen LogP contribution in [0.1, 0.15) is 69.4 Å². The summed E-state index contributed by atoms with van der Waals surface area (Å²) in [5.41, 5.74) is 3.05. The van der Waals surface area contributed by atoms with Gasteiger partial charge in [0.1, 0.15) is 17.2 Å². The van der Waals surface area contributed by atoms with Crippen LogP contribution in [0, 0.1) is 0 Å². The van der Waals surface area contributed by atoms with Crippen molar-refractivity contribution in [1.29, 1.82) is 0 Å². The Morgan fingerprint density at radius 1 is 0.913 bits per heavy atom. The molecule has 4 aromatic rings. The number of carbonyl (C=O) groups excluding carboxylic acids is 4. The van der Waals surface area contributed by atoms with Crippen LogP contribution in [-0.4, -0.2) is 92.7 Å². The summed E-state index contributed by atoms with van der Waals surface area (Å²) >= 11 is 0. The molecule has 2 N–H and O–H groups in total. The van der Waals surface area contributed by atoms with Crippen molar-refractivity contribution in [2.24, 2.45) is 0 Å². The average Bonchev–Trinajstić information content (AvgIpc) is 3.81. The summed E-state index contributed by atoms with van der Waals surface area (Å²) in [6, 6.07) is 12.7. The first kappa shape index (κ1) is 29.4. The van der Waals surface area contributed by atoms with E-state index in [1.54, 1.807) is 48.6 Å². The molecule has 236 valence electrons. The number of rotatable bonds is 8. The van der Waals surface area contributed by atoms with Crippen LogP contribution in [0.3, 0.4) is 0 Å². The Morgan fingerprint density at radius 3 is 2.28 bits per heavy atom. The van der Waals surface area contributed by atoms with Gasteiger partial charge in [-0.2, -0.15) is 4.98 Å². The number of pyridine rings is 1. The number of fused-ring (bicyclic) bond motifs is 2. The summed E-state index contributed by atoms with van der Waals surface area (Å²) in [5, 5.41) is 6.76. The number of nitrogens with zero attached hydrogens (tertiary/aromatic N) is 7. The highest BCUT2D eigenvalue weighted by Crippen LogP contribution is 2.34. The minimum atomic E-state index is -0.343. The molecule has 1 saturated carbocycles. The zero-order valence-electron chi connectivity index (χ0n) is 25.6. The van der Waals surface area contributed by atoms with Gasteiger partial charge in [0.25, 0.3) is 17.7 Å². The Balaban J connectivity index is 0.951. The summed E-state index contributed by atoms with van der Waals surface area (Å²) in [4.78, 5) is 69.7. The Morgan fingerprint density at radius 2 is 1.63 bits per heavy atom. The van der Waals surface area contributed by atoms with Gasteiger partial charge in [0.2, 0.25) is 11.9 Å². The summed E-state index contributed by atoms with van der Waals surface area (Å²) in [5.74, 6) is 0.0993. The lowest BCUT2D eigenvalue weighted by molar-refractivity contribution is -0.131. The van der Waals surface area contributed by atoms with Crippen molar-refractivity contribution in [1.82, 2.24) is 34.6 Å². The molecule has 0 spiro atoms. The van der Waals surface area contributed by atoms with Crippen LogP contribution in [0.15, 0.2) is 54.9 Å². The molecule has 0 atom stereocenters. The molecule has 1 aliphatic carbocycles. The molecule has 5 heterocycles. The van der Waals surface area contributed by atoms with Crippen LogP contribution in [-0.2, 0) is 4.79 Å². The van der Waals surface area contributed by atoms with Crippen LogP contribution >= 0.6 is 0 Å². The van der Waals surface area contributed by atoms with Crippen LogP contribution in [0.5, 0.6) is 0 Å². The average molecular weight is 622 g/mol. The van der Waals surface area contributed by atoms with Crippen molar-refractivity contribution in [3.8, 4) is 0 Å². The van der Waals surface area contributed by atoms with Crippen molar-refractivity contribution in [2.45, 2.75) is 38.1 Å². The van der Waals surface area contributed by atoms with Crippen molar-refractivity contribution in [2.75, 3.05) is 50.0 Å². The Kier molecular flexibility index (Phi) is 7.81. The molecule has 0 unspecified atom stereocenters. The number of amides is 4. The van der Waals surface area contributed by atoms with Crippen LogP contribution in [0.4, 0.5) is 17.5 Å². The Bertz CT molecular complexity index is 1790. The van der Waals surface area contributed by atoms with Gasteiger partial charge in [-0.15, -0.1) is 0 Å². The maximum Gasteiger partial charge on any atom is 0.267 e. The SMILES string of the molecule is CNC(=O)c1cc2cnc(Nc3ccc(N4CCN(C(=O)CCN5C(=O)c6ccccc6C5=O)CC4)cn3)nc2n1C1CCCC1. The molecule has 1 saturated heterocycles. The fourth-order valence-corrected chi connectivity index (χ4v) is 6.69. The Hall–Kier alpha value is -5.33. The van der Waals surface area contributed by atoms with E-state index in [1.165, 1.54) is 4.90 Å². The van der Waals surface area contributed by atoms with Gasteiger partial charge in [-0.25, -0.2) is 9.97 Å². The quantitative estimate of drug-likeness (QED) is 0.283. The summed E-state index contributed by atoms with van der Waals surface area (Å²) in [7, 11) is 1.64. The highest BCUT2D eigenvalue weighted by Gasteiger charge is 2.35. The summed E-state index contributed by atoms with van der Waals surface area (Å²) in [6.07, 6.45) is 7.91. The summed E-state index contributed by atoms with van der Waals surface area (Å²) in [6.45, 7) is 2.42. The van der Waals surface area contributed by atoms with Crippen LogP contribution in [0.25, 0.3) is 11.0 Å². The highest BCUT2D eigenvalue weighted by molar-refractivity contribution is 6.21. The molecule has 4 amide bonds. The molecule has 13 heteroatoms. The van der Waals surface area contributed by atoms with Gasteiger partial charge in [0, 0.05) is 63.8 Å². The number of benzene rings is 1. The van der Waals surface area contributed by atoms with Gasteiger partial charge in [0.05, 0.1) is 23.0 Å². The van der Waals surface area contributed by atoms with E-state index in [4.69, 9.17) is 4.98 Å². The van der Waals surface area contributed by atoms with Crippen LogP contribution < -0.4 is 15.5 Å². The first-order chi connectivity index (χ1) is 22.4. The molecule has 46 heavy (non-hydrogen) atoms. The fraction of sp³-hybridized carbons (Fsp3) is 0.364. The van der Waals surface area contributed by atoms with Crippen molar-refractivity contribution >= 4 is 52.1 Å². The van der Waals surface area contributed by atoms with E-state index in [2.05, 4.69) is 30.1 Å². The monoisotopic (exact) mass is 621 g/mol. The van der Waals surface area contributed by atoms with E-state index >= 15 is 0 Å². The number of aromatic nitrogens is 4. The van der Waals surface area contributed by atoms with Gasteiger partial charge in [-0.05, 0) is 43.2 Å². The molecule has 0 bridgehead atoms. The lowest BCUT2D eigenvalue weighted by atomic mass is 10.1. The normalized spacial score (nSPS) is 16.8. The Labute approximate surface area is 265 Å². The van der Waals surface area contributed by atoms with Crippen LogP contribution in [0.2, 0.25) is 0 Å². The molecule has 2 fully saturated rings. The molecule has 3 aliphatic rings. The number of carbonyl (C=O) groups is 4. The van der Waals surface area contributed by atoms with E-state index in [1.807, 2.05) is 18.2 Å². The van der Waals surface area contributed by atoms with Gasteiger partial charge in [0.15, 0.2) is 0 Å². The van der Waals surface area contributed by atoms with Gasteiger partial charge >= 0.3 is 0 Å². The predicted molar refractivity (Wildman–Crippen MR) is 171 cm³/mol. The number of piperazine rings is 1. The number of nitrogens with one attached hydrogen (secondary N) is 2. The second-order valence-electron chi connectivity index (χ2n) is 11.8. The second kappa shape index (κ2) is 12.2. The third kappa shape index (κ3) is 5.41. The second-order valence-corrected chi connectivity index (χ2v) is 11.8. The topological polar surface area (TPSA) is 146 Å². The fourth-order valence-electron chi connectivity index (χ4n) is 6.69. The van der Waals surface area contributed by atoms with Gasteiger partial charge in [-0.1, -0.05) is 25.0 Å². The molecule has 2 aliphatic heterocycles. The zero-order valence-corrected chi connectivity index (χ0v) is 25.6. The smallest absolute Gasteiger partial charge is 0.267 e. The predicted octanol–water partition coefficient (Wildman–Crippen LogP) is 3.38. The molecule has 3 aromatic heterocycles. The van der Waals surface area contributed by atoms with E-state index in [0.717, 1.165) is 42.4 Å². The zero-order chi connectivity index (χ0) is 31.8. The maximum absolute atomic E-state index is 12.9. The molecular weight excluding hydrogens is 586 g/mol. The third-order valence-corrected chi connectivity index (χ3v) is 9.14. The van der Waals surface area contributed by atoms with E-state index < -0.39 is 0 Å². The van der Waals surface area contributed by atoms with Gasteiger partial charge in [-0.3, -0.25) is 24.1 Å². The highest BCUT2D eigenvalue weighted by atomic mass is 16.2. The van der Waals surface area contributed by atoms with Gasteiger partial charge < -0.3 is 25.0 Å². The maximum atomic E-state index is 12.9. The number of hydrogen-bond acceptors (Lipinski definition) is 9. The lowest BCUT2D eigenvalue weighted by Gasteiger charge is -2.36. The molecule has 7 rings (SSSR count). The van der Waals surface area contributed by atoms with E-state index in [-0.39, 0.29) is 42.6 Å². The van der Waals surface area contributed by atoms with Crippen molar-refractivity contribution in [3.05, 3.63) is 71.7 Å². The lowest BCUT2D eigenvalue weighted by Crippen LogP contribution is -2.49. The first-order valence-corrected chi connectivity index (χ1v) is 15.7. The van der Waals surface area contributed by atoms with Crippen molar-refractivity contribution in [3.63, 3.8) is 0 Å². The number of hydrogen-bond donors (Lipinski definition) is 2. The minimum absolute atomic E-state index is 0.0715. The van der Waals surface area contributed by atoms with E-state index in [9.17, 15) is 19.2 Å². The molecule has 1 aromatic carbocycles. The van der Waals surface area contributed by atoms with Crippen molar-refractivity contribution < 1.29 is 19.2 Å². The largest absolute Gasteiger partial charge is 0.367 e. The molecule has 0 radical (unpaired) electrons. The number of imide groups is 1. The minimum Gasteiger partial charge on any atom is -0.367 e. The third-order valence-electron chi connectivity index (χ3n) is 9.14.